The predicted octanol–water partition coefficient (Wildman–Crippen LogP) is 1.89. The molecule has 0 aromatic rings. The Balaban J connectivity index is 2.80. The number of unbranched alkanes of at least 4 members (excludes halogenated alkanes) is 1. The number of carbonyl (C=O) groups excluding carboxylic acids is 4. The Morgan fingerprint density at radius 3 is 2.43 bits per heavy atom. The number of ketones is 1. The highest BCUT2D eigenvalue weighted by Gasteiger charge is 2.33. The van der Waals surface area contributed by atoms with Crippen LogP contribution in [0, 0.1) is 5.92 Å². The summed E-state index contributed by atoms with van der Waals surface area (Å²) in [6.45, 7) is 7.72. The van der Waals surface area contributed by atoms with Crippen LogP contribution in [0.15, 0.2) is 0 Å². The van der Waals surface area contributed by atoms with Gasteiger partial charge in [-0.05, 0) is 40.0 Å². The van der Waals surface area contributed by atoms with Crippen molar-refractivity contribution in [3.8, 4) is 0 Å². The van der Waals surface area contributed by atoms with Crippen LogP contribution < -0.4 is 16.0 Å². The number of hydrogen-bond donors (Lipinski definition) is 3. The minimum Gasteiger partial charge on any atom is -0.444 e. The Kier molecular flexibility index (Phi) is 9.72. The van der Waals surface area contributed by atoms with Gasteiger partial charge in [-0.1, -0.05) is 19.8 Å². The van der Waals surface area contributed by atoms with Crippen LogP contribution in [-0.4, -0.2) is 53.8 Å². The van der Waals surface area contributed by atoms with Crippen molar-refractivity contribution in [2.75, 3.05) is 12.4 Å². The van der Waals surface area contributed by atoms with Crippen molar-refractivity contribution in [1.29, 1.82) is 0 Å². The van der Waals surface area contributed by atoms with Gasteiger partial charge in [0.1, 0.15) is 11.6 Å². The third-order valence-corrected chi connectivity index (χ3v) is 4.64. The van der Waals surface area contributed by atoms with Gasteiger partial charge in [0, 0.05) is 12.5 Å². The lowest BCUT2D eigenvalue weighted by molar-refractivity contribution is -0.129. The molecule has 1 heterocycles. The van der Waals surface area contributed by atoms with E-state index in [1.54, 1.807) is 20.8 Å². The average Bonchev–Trinajstić information content (AvgIpc) is 3.00. The fourth-order valence-electron chi connectivity index (χ4n) is 2.92. The van der Waals surface area contributed by atoms with Gasteiger partial charge < -0.3 is 20.7 Å². The van der Waals surface area contributed by atoms with E-state index in [0.29, 0.717) is 25.8 Å². The molecule has 1 fully saturated rings. The SMILES string of the molecule is CCCC[C@H](NC(=O)OC(C)(C)C)C(=O)N[C@@H](C[C@@H]1CCNC1=O)C(=O)CCl. The lowest BCUT2D eigenvalue weighted by atomic mass is 9.95. The van der Waals surface area contributed by atoms with Gasteiger partial charge in [-0.15, -0.1) is 11.6 Å². The van der Waals surface area contributed by atoms with Crippen molar-refractivity contribution < 1.29 is 23.9 Å². The molecule has 160 valence electrons. The van der Waals surface area contributed by atoms with E-state index in [1.807, 2.05) is 6.92 Å². The molecule has 0 unspecified atom stereocenters. The molecule has 1 saturated heterocycles. The number of amides is 3. The van der Waals surface area contributed by atoms with Crippen molar-refractivity contribution in [2.24, 2.45) is 5.92 Å². The minimum absolute atomic E-state index is 0.129. The van der Waals surface area contributed by atoms with Crippen molar-refractivity contribution in [2.45, 2.75) is 77.5 Å². The number of rotatable bonds is 10. The third kappa shape index (κ3) is 8.46. The summed E-state index contributed by atoms with van der Waals surface area (Å²) >= 11 is 5.68. The molecule has 0 spiro atoms. The van der Waals surface area contributed by atoms with Crippen LogP contribution in [0.1, 0.15) is 59.8 Å². The molecular weight excluding hydrogens is 386 g/mol. The molecular formula is C19H32ClN3O5. The highest BCUT2D eigenvalue weighted by Crippen LogP contribution is 2.17. The second-order valence-electron chi connectivity index (χ2n) is 8.01. The van der Waals surface area contributed by atoms with Gasteiger partial charge in [-0.25, -0.2) is 4.79 Å². The summed E-state index contributed by atoms with van der Waals surface area (Å²) in [6.07, 6.45) is 2.07. The van der Waals surface area contributed by atoms with Crippen molar-refractivity contribution in [3.63, 3.8) is 0 Å². The summed E-state index contributed by atoms with van der Waals surface area (Å²) in [6, 6.07) is -1.71. The van der Waals surface area contributed by atoms with Gasteiger partial charge in [0.25, 0.3) is 0 Å². The number of halogens is 1. The van der Waals surface area contributed by atoms with E-state index in [2.05, 4.69) is 16.0 Å². The van der Waals surface area contributed by atoms with Gasteiger partial charge in [-0.2, -0.15) is 0 Å². The number of Topliss-reactive ketones (excluding diaryl/α,β-unsaturated/α-hetero) is 1. The van der Waals surface area contributed by atoms with Crippen molar-refractivity contribution in [1.82, 2.24) is 16.0 Å². The molecule has 0 aliphatic carbocycles. The van der Waals surface area contributed by atoms with Gasteiger partial charge in [0.05, 0.1) is 11.9 Å². The topological polar surface area (TPSA) is 114 Å². The van der Waals surface area contributed by atoms with Crippen LogP contribution in [0.2, 0.25) is 0 Å². The average molecular weight is 418 g/mol. The Morgan fingerprint density at radius 1 is 1.25 bits per heavy atom. The quantitative estimate of drug-likeness (QED) is 0.470. The molecule has 9 heteroatoms. The first kappa shape index (κ1) is 24.2. The summed E-state index contributed by atoms with van der Waals surface area (Å²) < 4.78 is 5.22. The number of hydrogen-bond acceptors (Lipinski definition) is 5. The van der Waals surface area contributed by atoms with E-state index in [1.165, 1.54) is 0 Å². The monoisotopic (exact) mass is 417 g/mol. The Hall–Kier alpha value is -1.83. The maximum absolute atomic E-state index is 12.8. The summed E-state index contributed by atoms with van der Waals surface area (Å²) in [5.41, 5.74) is -0.692. The number of alkyl carbamates (subject to hydrolysis) is 1. The van der Waals surface area contributed by atoms with E-state index < -0.39 is 29.7 Å². The first-order valence-corrected chi connectivity index (χ1v) is 10.3. The van der Waals surface area contributed by atoms with E-state index >= 15 is 0 Å². The second kappa shape index (κ2) is 11.2. The predicted molar refractivity (Wildman–Crippen MR) is 106 cm³/mol. The largest absolute Gasteiger partial charge is 0.444 e. The summed E-state index contributed by atoms with van der Waals surface area (Å²) in [5.74, 6) is -1.58. The lowest BCUT2D eigenvalue weighted by Gasteiger charge is -2.25. The fourth-order valence-corrected chi connectivity index (χ4v) is 3.10. The standard InChI is InChI=1S/C19H32ClN3O5/c1-5-6-7-13(23-18(27)28-19(2,3)4)17(26)22-14(15(24)11-20)10-12-8-9-21-16(12)25/h12-14H,5-11H2,1-4H3,(H,21,25)(H,22,26)(H,23,27)/t12-,13-,14-/m0/s1. The maximum Gasteiger partial charge on any atom is 0.408 e. The molecule has 0 aromatic heterocycles. The molecule has 28 heavy (non-hydrogen) atoms. The molecule has 3 amide bonds. The smallest absolute Gasteiger partial charge is 0.408 e. The van der Waals surface area contributed by atoms with Gasteiger partial charge in [-0.3, -0.25) is 14.4 Å². The molecule has 1 rings (SSSR count). The first-order valence-electron chi connectivity index (χ1n) is 9.73. The molecule has 1 aliphatic rings. The molecule has 3 N–H and O–H groups in total. The molecule has 0 bridgehead atoms. The normalized spacial score (nSPS) is 18.8. The van der Waals surface area contributed by atoms with Gasteiger partial charge in [0.2, 0.25) is 11.8 Å². The highest BCUT2D eigenvalue weighted by molar-refractivity contribution is 6.28. The Morgan fingerprint density at radius 2 is 1.93 bits per heavy atom. The van der Waals surface area contributed by atoms with Crippen LogP contribution in [0.5, 0.6) is 0 Å². The molecule has 3 atom stereocenters. The van der Waals surface area contributed by atoms with Crippen LogP contribution in [0.3, 0.4) is 0 Å². The molecule has 0 saturated carbocycles. The van der Waals surface area contributed by atoms with E-state index in [9.17, 15) is 19.2 Å². The number of carbonyl (C=O) groups is 4. The second-order valence-corrected chi connectivity index (χ2v) is 8.28. The molecule has 1 aliphatic heterocycles. The summed E-state index contributed by atoms with van der Waals surface area (Å²) in [5, 5.41) is 7.96. The molecule has 0 radical (unpaired) electrons. The van der Waals surface area contributed by atoms with E-state index in [0.717, 1.165) is 6.42 Å². The summed E-state index contributed by atoms with van der Waals surface area (Å²) in [7, 11) is 0. The van der Waals surface area contributed by atoms with Gasteiger partial charge in [0.15, 0.2) is 5.78 Å². The maximum atomic E-state index is 12.8. The lowest BCUT2D eigenvalue weighted by Crippen LogP contribution is -2.53. The first-order chi connectivity index (χ1) is 13.1. The van der Waals surface area contributed by atoms with Crippen LogP contribution in [0.25, 0.3) is 0 Å². The van der Waals surface area contributed by atoms with Crippen LogP contribution in [0.4, 0.5) is 4.79 Å². The number of ether oxygens (including phenoxy) is 1. The fraction of sp³-hybridized carbons (Fsp3) is 0.789. The van der Waals surface area contributed by atoms with Crippen LogP contribution in [-0.2, 0) is 19.1 Å². The number of alkyl halides is 1. The summed E-state index contributed by atoms with van der Waals surface area (Å²) in [4.78, 5) is 48.9. The molecule has 8 nitrogen and oxygen atoms in total. The minimum atomic E-state index is -0.872. The zero-order valence-electron chi connectivity index (χ0n) is 17.1. The Labute approximate surface area is 171 Å². The molecule has 0 aromatic carbocycles. The van der Waals surface area contributed by atoms with Crippen molar-refractivity contribution >= 4 is 35.3 Å². The Bertz CT molecular complexity index is 576. The van der Waals surface area contributed by atoms with E-state index in [4.69, 9.17) is 16.3 Å². The zero-order valence-corrected chi connectivity index (χ0v) is 17.9. The van der Waals surface area contributed by atoms with Crippen molar-refractivity contribution in [3.05, 3.63) is 0 Å². The van der Waals surface area contributed by atoms with E-state index in [-0.39, 0.29) is 29.9 Å². The van der Waals surface area contributed by atoms with Crippen LogP contribution >= 0.6 is 11.6 Å². The van der Waals surface area contributed by atoms with Gasteiger partial charge >= 0.3 is 6.09 Å². The zero-order chi connectivity index (χ0) is 21.3. The number of nitrogens with one attached hydrogen (secondary N) is 3. The third-order valence-electron chi connectivity index (χ3n) is 4.37. The highest BCUT2D eigenvalue weighted by atomic mass is 35.5.